The highest BCUT2D eigenvalue weighted by Gasteiger charge is 2.08. The smallest absolute Gasteiger partial charge is 0.311 e. The van der Waals surface area contributed by atoms with Crippen LogP contribution in [0.25, 0.3) is 11.0 Å². The van der Waals surface area contributed by atoms with Crippen LogP contribution in [0.15, 0.2) is 33.2 Å². The Balaban J connectivity index is 2.51. The number of halogens is 1. The van der Waals surface area contributed by atoms with E-state index in [1.54, 1.807) is 6.07 Å². The van der Waals surface area contributed by atoms with Crippen molar-refractivity contribution in [3.05, 3.63) is 34.5 Å². The highest BCUT2D eigenvalue weighted by molar-refractivity contribution is 9.10. The third kappa shape index (κ3) is 1.65. The second-order valence-corrected chi connectivity index (χ2v) is 3.79. The first kappa shape index (κ1) is 9.27. The largest absolute Gasteiger partial charge is 0.481 e. The summed E-state index contributed by atoms with van der Waals surface area (Å²) in [6, 6.07) is 7.29. The highest BCUT2D eigenvalue weighted by Crippen LogP contribution is 2.26. The molecule has 0 aliphatic carbocycles. The molecule has 0 aliphatic heterocycles. The molecule has 0 bridgehead atoms. The van der Waals surface area contributed by atoms with E-state index in [0.29, 0.717) is 11.3 Å². The Morgan fingerprint density at radius 3 is 2.93 bits per heavy atom. The number of hydrogen-bond donors (Lipinski definition) is 1. The first-order valence-electron chi connectivity index (χ1n) is 4.05. The van der Waals surface area contributed by atoms with Gasteiger partial charge in [-0.15, -0.1) is 0 Å². The number of carbonyl (C=O) groups is 1. The van der Waals surface area contributed by atoms with Gasteiger partial charge in [-0.3, -0.25) is 4.79 Å². The van der Waals surface area contributed by atoms with Gasteiger partial charge in [0.25, 0.3) is 0 Å². The van der Waals surface area contributed by atoms with Gasteiger partial charge in [0, 0.05) is 9.86 Å². The van der Waals surface area contributed by atoms with Crippen molar-refractivity contribution >= 4 is 32.9 Å². The zero-order chi connectivity index (χ0) is 10.1. The normalized spacial score (nSPS) is 10.6. The topological polar surface area (TPSA) is 50.4 Å². The summed E-state index contributed by atoms with van der Waals surface area (Å²) in [4.78, 5) is 10.5. The number of aliphatic carboxylic acids is 1. The summed E-state index contributed by atoms with van der Waals surface area (Å²) in [6.45, 7) is 0. The average molecular weight is 255 g/mol. The Morgan fingerprint density at radius 1 is 1.50 bits per heavy atom. The van der Waals surface area contributed by atoms with Crippen molar-refractivity contribution < 1.29 is 14.3 Å². The number of furan rings is 1. The van der Waals surface area contributed by atoms with Gasteiger partial charge in [0.15, 0.2) is 0 Å². The maximum Gasteiger partial charge on any atom is 0.311 e. The molecule has 1 N–H and O–H groups in total. The van der Waals surface area contributed by atoms with Crippen molar-refractivity contribution in [3.63, 3.8) is 0 Å². The van der Waals surface area contributed by atoms with Crippen LogP contribution < -0.4 is 0 Å². The molecule has 0 saturated carbocycles. The molecule has 14 heavy (non-hydrogen) atoms. The van der Waals surface area contributed by atoms with Crippen LogP contribution in [-0.4, -0.2) is 11.1 Å². The molecule has 0 aliphatic rings. The van der Waals surface area contributed by atoms with Crippen LogP contribution in [0.2, 0.25) is 0 Å². The molecule has 0 amide bonds. The minimum atomic E-state index is -0.889. The van der Waals surface area contributed by atoms with E-state index in [4.69, 9.17) is 9.52 Å². The van der Waals surface area contributed by atoms with Gasteiger partial charge in [0.05, 0.1) is 0 Å². The summed E-state index contributed by atoms with van der Waals surface area (Å²) in [6.07, 6.45) is -0.0822. The van der Waals surface area contributed by atoms with E-state index < -0.39 is 5.97 Å². The van der Waals surface area contributed by atoms with Crippen molar-refractivity contribution in [2.75, 3.05) is 0 Å². The first-order chi connectivity index (χ1) is 6.66. The fourth-order valence-electron chi connectivity index (χ4n) is 1.31. The van der Waals surface area contributed by atoms with Gasteiger partial charge in [-0.05, 0) is 18.2 Å². The van der Waals surface area contributed by atoms with Crippen LogP contribution in [0.4, 0.5) is 0 Å². The minimum Gasteiger partial charge on any atom is -0.481 e. The van der Waals surface area contributed by atoms with Crippen LogP contribution in [0.3, 0.4) is 0 Å². The Hall–Kier alpha value is -1.29. The van der Waals surface area contributed by atoms with Gasteiger partial charge >= 0.3 is 5.97 Å². The predicted molar refractivity (Wildman–Crippen MR) is 55.3 cm³/mol. The molecule has 0 radical (unpaired) electrons. The average Bonchev–Trinajstić information content (AvgIpc) is 2.47. The summed E-state index contributed by atoms with van der Waals surface area (Å²) >= 11 is 3.37. The molecule has 0 fully saturated rings. The lowest BCUT2D eigenvalue weighted by atomic mass is 10.2. The van der Waals surface area contributed by atoms with Crippen molar-refractivity contribution in [1.29, 1.82) is 0 Å². The van der Waals surface area contributed by atoms with E-state index in [9.17, 15) is 4.79 Å². The third-order valence-electron chi connectivity index (χ3n) is 1.88. The van der Waals surface area contributed by atoms with Crippen molar-refractivity contribution in [1.82, 2.24) is 0 Å². The second kappa shape index (κ2) is 3.46. The molecule has 72 valence electrons. The van der Waals surface area contributed by atoms with Gasteiger partial charge in [-0.2, -0.15) is 0 Å². The maximum absolute atomic E-state index is 10.5. The maximum atomic E-state index is 10.5. The van der Waals surface area contributed by atoms with Gasteiger partial charge in [-0.1, -0.05) is 22.0 Å². The molecule has 2 aromatic rings. The molecule has 1 heterocycles. The summed E-state index contributed by atoms with van der Waals surface area (Å²) in [5, 5.41) is 9.50. The molecule has 0 spiro atoms. The highest BCUT2D eigenvalue weighted by atomic mass is 79.9. The summed E-state index contributed by atoms with van der Waals surface area (Å²) in [7, 11) is 0. The lowest BCUT2D eigenvalue weighted by Gasteiger charge is -1.89. The van der Waals surface area contributed by atoms with E-state index in [0.717, 1.165) is 9.86 Å². The summed E-state index contributed by atoms with van der Waals surface area (Å²) in [5.74, 6) is -0.417. The number of benzene rings is 1. The van der Waals surface area contributed by atoms with Crippen molar-refractivity contribution in [2.45, 2.75) is 6.42 Å². The SMILES string of the molecule is O=C(O)Cc1cc2c(Br)cccc2o1. The first-order valence-corrected chi connectivity index (χ1v) is 4.85. The molecule has 1 aromatic carbocycles. The number of carboxylic acids is 1. The second-order valence-electron chi connectivity index (χ2n) is 2.93. The van der Waals surface area contributed by atoms with E-state index in [1.165, 1.54) is 0 Å². The monoisotopic (exact) mass is 254 g/mol. The predicted octanol–water partition coefficient (Wildman–Crippen LogP) is 2.82. The Kier molecular flexibility index (Phi) is 2.29. The number of rotatable bonds is 2. The summed E-state index contributed by atoms with van der Waals surface area (Å²) < 4.78 is 6.26. The molecule has 1 aromatic heterocycles. The van der Waals surface area contributed by atoms with Crippen molar-refractivity contribution in [3.8, 4) is 0 Å². The summed E-state index contributed by atoms with van der Waals surface area (Å²) in [5.41, 5.74) is 0.704. The zero-order valence-corrected chi connectivity index (χ0v) is 8.74. The quantitative estimate of drug-likeness (QED) is 0.897. The van der Waals surface area contributed by atoms with Crippen LogP contribution in [0.5, 0.6) is 0 Å². The van der Waals surface area contributed by atoms with E-state index in [2.05, 4.69) is 15.9 Å². The Morgan fingerprint density at radius 2 is 2.29 bits per heavy atom. The minimum absolute atomic E-state index is 0.0822. The fraction of sp³-hybridized carbons (Fsp3) is 0.100. The molecule has 0 unspecified atom stereocenters. The van der Waals surface area contributed by atoms with E-state index >= 15 is 0 Å². The van der Waals surface area contributed by atoms with Gasteiger partial charge in [0.1, 0.15) is 17.8 Å². The van der Waals surface area contributed by atoms with Gasteiger partial charge in [-0.25, -0.2) is 0 Å². The molecule has 3 nitrogen and oxygen atoms in total. The lowest BCUT2D eigenvalue weighted by molar-refractivity contribution is -0.136. The van der Waals surface area contributed by atoms with Crippen LogP contribution in [0.1, 0.15) is 5.76 Å². The molecule has 4 heteroatoms. The van der Waals surface area contributed by atoms with E-state index in [-0.39, 0.29) is 6.42 Å². The van der Waals surface area contributed by atoms with E-state index in [1.807, 2.05) is 18.2 Å². The Bertz CT molecular complexity index is 487. The number of carboxylic acid groups (broad SMARTS) is 1. The molecular formula is C10H7BrO3. The molecule has 2 rings (SSSR count). The van der Waals surface area contributed by atoms with Crippen LogP contribution in [-0.2, 0) is 11.2 Å². The van der Waals surface area contributed by atoms with Crippen molar-refractivity contribution in [2.24, 2.45) is 0 Å². The fourth-order valence-corrected chi connectivity index (χ4v) is 1.78. The van der Waals surface area contributed by atoms with Crippen LogP contribution >= 0.6 is 15.9 Å². The molecule has 0 saturated heterocycles. The molecular weight excluding hydrogens is 248 g/mol. The Labute approximate surface area is 88.5 Å². The van der Waals surface area contributed by atoms with Gasteiger partial charge in [0.2, 0.25) is 0 Å². The number of hydrogen-bond acceptors (Lipinski definition) is 2. The number of fused-ring (bicyclic) bond motifs is 1. The molecule has 0 atom stereocenters. The van der Waals surface area contributed by atoms with Crippen LogP contribution in [0, 0.1) is 0 Å². The third-order valence-corrected chi connectivity index (χ3v) is 2.58. The van der Waals surface area contributed by atoms with Gasteiger partial charge < -0.3 is 9.52 Å². The standard InChI is InChI=1S/C10H7BrO3/c11-8-2-1-3-9-7(8)4-6(14-9)5-10(12)13/h1-4H,5H2,(H,12,13). The lowest BCUT2D eigenvalue weighted by Crippen LogP contribution is -1.97. The zero-order valence-electron chi connectivity index (χ0n) is 7.16.